The predicted molar refractivity (Wildman–Crippen MR) is 73.7 cm³/mol. The first kappa shape index (κ1) is 13.8. The normalized spacial score (nSPS) is 10.5. The number of aliphatic hydroxyl groups excluding tert-OH is 1. The highest BCUT2D eigenvalue weighted by Gasteiger charge is 2.11. The summed E-state index contributed by atoms with van der Waals surface area (Å²) in [6.07, 6.45) is 1.14. The molecule has 0 saturated carbocycles. The van der Waals surface area contributed by atoms with Crippen molar-refractivity contribution >= 4 is 17.4 Å². The molecule has 0 fully saturated rings. The van der Waals surface area contributed by atoms with Crippen molar-refractivity contribution < 1.29 is 9.50 Å². The summed E-state index contributed by atoms with van der Waals surface area (Å²) in [5.74, 6) is 0.0859. The van der Waals surface area contributed by atoms with Crippen LogP contribution < -0.4 is 4.90 Å². The summed E-state index contributed by atoms with van der Waals surface area (Å²) in [5, 5.41) is 9.92. The summed E-state index contributed by atoms with van der Waals surface area (Å²) in [7, 11) is 1.82. The lowest BCUT2D eigenvalue weighted by Gasteiger charge is -2.21. The molecule has 0 radical (unpaired) electrons. The Morgan fingerprint density at radius 3 is 2.74 bits per heavy atom. The molecule has 0 aliphatic carbocycles. The fourth-order valence-electron chi connectivity index (χ4n) is 1.89. The van der Waals surface area contributed by atoms with Crippen molar-refractivity contribution in [3.63, 3.8) is 0 Å². The quantitative estimate of drug-likeness (QED) is 0.935. The van der Waals surface area contributed by atoms with Gasteiger partial charge in [-0.1, -0.05) is 29.8 Å². The first-order valence-electron chi connectivity index (χ1n) is 5.81. The second-order valence-electron chi connectivity index (χ2n) is 4.24. The smallest absolute Gasteiger partial charge is 0.142 e. The molecule has 0 bridgehead atoms. The van der Waals surface area contributed by atoms with Crippen molar-refractivity contribution in [2.75, 3.05) is 11.9 Å². The molecule has 0 unspecified atom stereocenters. The van der Waals surface area contributed by atoms with Crippen LogP contribution in [-0.2, 0) is 13.2 Å². The monoisotopic (exact) mass is 280 g/mol. The van der Waals surface area contributed by atoms with Gasteiger partial charge in [-0.05, 0) is 17.7 Å². The summed E-state index contributed by atoms with van der Waals surface area (Å²) >= 11 is 6.10. The number of anilines is 1. The van der Waals surface area contributed by atoms with Crippen LogP contribution in [0.4, 0.5) is 10.2 Å². The fourth-order valence-corrected chi connectivity index (χ4v) is 2.09. The van der Waals surface area contributed by atoms with Gasteiger partial charge in [0.15, 0.2) is 0 Å². The van der Waals surface area contributed by atoms with Crippen LogP contribution in [0.15, 0.2) is 36.5 Å². The maximum absolute atomic E-state index is 13.1. The third-order valence-corrected chi connectivity index (χ3v) is 3.18. The van der Waals surface area contributed by atoms with Crippen molar-refractivity contribution in [1.82, 2.24) is 4.98 Å². The van der Waals surface area contributed by atoms with Gasteiger partial charge >= 0.3 is 0 Å². The van der Waals surface area contributed by atoms with E-state index in [9.17, 15) is 9.50 Å². The summed E-state index contributed by atoms with van der Waals surface area (Å²) in [6, 6.07) is 8.78. The van der Waals surface area contributed by atoms with Crippen molar-refractivity contribution in [1.29, 1.82) is 0 Å². The van der Waals surface area contributed by atoms with E-state index in [4.69, 9.17) is 11.6 Å². The summed E-state index contributed by atoms with van der Waals surface area (Å²) in [4.78, 5) is 5.85. The van der Waals surface area contributed by atoms with E-state index in [1.54, 1.807) is 0 Å². The Balaban J connectivity index is 2.25. The van der Waals surface area contributed by atoms with Gasteiger partial charge in [0.05, 0.1) is 12.8 Å². The number of halogens is 2. The molecule has 100 valence electrons. The average molecular weight is 281 g/mol. The number of rotatable bonds is 4. The Kier molecular flexibility index (Phi) is 4.35. The van der Waals surface area contributed by atoms with Gasteiger partial charge in [0.2, 0.25) is 0 Å². The van der Waals surface area contributed by atoms with Crippen molar-refractivity contribution in [2.24, 2.45) is 0 Å². The lowest BCUT2D eigenvalue weighted by atomic mass is 10.2. The number of hydrogen-bond acceptors (Lipinski definition) is 3. The minimum Gasteiger partial charge on any atom is -0.392 e. The van der Waals surface area contributed by atoms with Crippen LogP contribution in [0.3, 0.4) is 0 Å². The Morgan fingerprint density at radius 2 is 2.05 bits per heavy atom. The highest BCUT2D eigenvalue weighted by molar-refractivity contribution is 6.31. The molecule has 0 atom stereocenters. The van der Waals surface area contributed by atoms with Gasteiger partial charge in [-0.25, -0.2) is 9.37 Å². The number of aliphatic hydroxyl groups is 1. The van der Waals surface area contributed by atoms with E-state index < -0.39 is 5.82 Å². The van der Waals surface area contributed by atoms with E-state index in [0.717, 1.165) is 11.8 Å². The van der Waals surface area contributed by atoms with Gasteiger partial charge in [0.25, 0.3) is 0 Å². The van der Waals surface area contributed by atoms with Crippen LogP contribution in [-0.4, -0.2) is 17.1 Å². The molecule has 1 aromatic carbocycles. The lowest BCUT2D eigenvalue weighted by Crippen LogP contribution is -2.19. The summed E-state index contributed by atoms with van der Waals surface area (Å²) < 4.78 is 13.1. The molecule has 2 aromatic rings. The molecule has 1 N–H and O–H groups in total. The number of nitrogens with zero attached hydrogens (tertiary/aromatic N) is 2. The third-order valence-electron chi connectivity index (χ3n) is 2.81. The molecule has 0 amide bonds. The zero-order valence-corrected chi connectivity index (χ0v) is 11.2. The van der Waals surface area contributed by atoms with E-state index in [-0.39, 0.29) is 6.61 Å². The number of benzene rings is 1. The minimum absolute atomic E-state index is 0.257. The van der Waals surface area contributed by atoms with Gasteiger partial charge in [-0.15, -0.1) is 0 Å². The fraction of sp³-hybridized carbons (Fsp3) is 0.214. The molecular formula is C14H14ClFN2O. The second-order valence-corrected chi connectivity index (χ2v) is 4.65. The van der Waals surface area contributed by atoms with Crippen LogP contribution in [0.25, 0.3) is 0 Å². The maximum atomic E-state index is 13.1. The number of aromatic nitrogens is 1. The van der Waals surface area contributed by atoms with Crippen LogP contribution >= 0.6 is 11.6 Å². The molecule has 1 aromatic heterocycles. The predicted octanol–water partition coefficient (Wildman–Crippen LogP) is 3.00. The highest BCUT2D eigenvalue weighted by atomic mass is 35.5. The summed E-state index contributed by atoms with van der Waals surface area (Å²) in [5.41, 5.74) is 1.40. The molecule has 2 rings (SSSR count). The molecule has 1 heterocycles. The minimum atomic E-state index is -0.459. The van der Waals surface area contributed by atoms with Crippen molar-refractivity contribution in [2.45, 2.75) is 13.2 Å². The topological polar surface area (TPSA) is 36.4 Å². The zero-order valence-electron chi connectivity index (χ0n) is 10.5. The molecule has 0 saturated heterocycles. The van der Waals surface area contributed by atoms with E-state index in [2.05, 4.69) is 4.98 Å². The van der Waals surface area contributed by atoms with E-state index in [1.165, 1.54) is 6.07 Å². The Hall–Kier alpha value is -1.65. The molecule has 0 aliphatic rings. The maximum Gasteiger partial charge on any atom is 0.142 e. The SMILES string of the molecule is CN(Cc1ccccc1Cl)c1ncc(F)cc1CO. The summed E-state index contributed by atoms with van der Waals surface area (Å²) in [6.45, 7) is 0.276. The van der Waals surface area contributed by atoms with E-state index in [1.807, 2.05) is 36.2 Å². The standard InChI is InChI=1S/C14H14ClFN2O/c1-18(8-10-4-2-3-5-13(10)15)14-11(9-19)6-12(16)7-17-14/h2-7,19H,8-9H2,1H3. The molecule has 3 nitrogen and oxygen atoms in total. The highest BCUT2D eigenvalue weighted by Crippen LogP contribution is 2.22. The van der Waals surface area contributed by atoms with Crippen molar-refractivity contribution in [3.05, 3.63) is 58.5 Å². The first-order chi connectivity index (χ1) is 9.11. The van der Waals surface area contributed by atoms with Gasteiger partial charge < -0.3 is 10.0 Å². The third kappa shape index (κ3) is 3.22. The van der Waals surface area contributed by atoms with Gasteiger partial charge in [-0.3, -0.25) is 0 Å². The molecule has 19 heavy (non-hydrogen) atoms. The molecule has 0 aliphatic heterocycles. The Bertz CT molecular complexity index is 577. The van der Waals surface area contributed by atoms with E-state index in [0.29, 0.717) is 22.9 Å². The number of hydrogen-bond donors (Lipinski definition) is 1. The lowest BCUT2D eigenvalue weighted by molar-refractivity contribution is 0.281. The van der Waals surface area contributed by atoms with E-state index >= 15 is 0 Å². The molecule has 0 spiro atoms. The van der Waals surface area contributed by atoms with Gasteiger partial charge in [-0.2, -0.15) is 0 Å². The van der Waals surface area contributed by atoms with Gasteiger partial charge in [0.1, 0.15) is 11.6 Å². The Morgan fingerprint density at radius 1 is 1.32 bits per heavy atom. The van der Waals surface area contributed by atoms with Crippen LogP contribution in [0.2, 0.25) is 5.02 Å². The second kappa shape index (κ2) is 5.99. The molecule has 5 heteroatoms. The van der Waals surface area contributed by atoms with Crippen LogP contribution in [0, 0.1) is 5.82 Å². The van der Waals surface area contributed by atoms with Crippen molar-refractivity contribution in [3.8, 4) is 0 Å². The largest absolute Gasteiger partial charge is 0.392 e. The Labute approximate surface area is 116 Å². The molecular weight excluding hydrogens is 267 g/mol. The van der Waals surface area contributed by atoms with Gasteiger partial charge in [0, 0.05) is 24.2 Å². The first-order valence-corrected chi connectivity index (χ1v) is 6.19. The average Bonchev–Trinajstić information content (AvgIpc) is 2.41. The zero-order chi connectivity index (χ0) is 13.8. The van der Waals surface area contributed by atoms with Crippen LogP contribution in [0.5, 0.6) is 0 Å². The van der Waals surface area contributed by atoms with Crippen LogP contribution in [0.1, 0.15) is 11.1 Å². The number of pyridine rings is 1.